The van der Waals surface area contributed by atoms with E-state index < -0.39 is 6.10 Å². The molecule has 0 aliphatic rings. The molecular weight excluding hydrogens is 229 g/mol. The van der Waals surface area contributed by atoms with Crippen LogP contribution in [0.15, 0.2) is 24.3 Å². The fourth-order valence-corrected chi connectivity index (χ4v) is 1.59. The van der Waals surface area contributed by atoms with Gasteiger partial charge in [0.2, 0.25) is 0 Å². The van der Waals surface area contributed by atoms with E-state index in [1.165, 1.54) is 10.9 Å². The summed E-state index contributed by atoms with van der Waals surface area (Å²) in [6.07, 6.45) is -0.791. The number of hydrogen-bond donors (Lipinski definition) is 0. The minimum absolute atomic E-state index is 0. The molecule has 82 valence electrons. The third kappa shape index (κ3) is 4.93. The summed E-state index contributed by atoms with van der Waals surface area (Å²) in [7, 11) is 0. The van der Waals surface area contributed by atoms with Crippen LogP contribution in [0.5, 0.6) is 0 Å². The molecule has 0 saturated heterocycles. The first kappa shape index (κ1) is 16.1. The molecule has 2 nitrogen and oxygen atoms in total. The molecule has 0 aliphatic carbocycles. The molecule has 0 amide bonds. The zero-order chi connectivity index (χ0) is 11.3. The van der Waals surface area contributed by atoms with Crippen LogP contribution in [0.25, 0.3) is 0 Å². The second-order valence-electron chi connectivity index (χ2n) is 3.55. The molecule has 0 spiro atoms. The normalized spacial score (nSPS) is 11.4. The van der Waals surface area contributed by atoms with E-state index in [9.17, 15) is 5.11 Å². The van der Waals surface area contributed by atoms with E-state index in [-0.39, 0.29) is 29.6 Å². The first-order valence-corrected chi connectivity index (χ1v) is 5.57. The molecule has 0 bridgehead atoms. The molecule has 0 N–H and O–H groups in total. The molecule has 0 heterocycles. The summed E-state index contributed by atoms with van der Waals surface area (Å²) in [6, 6.07) is 8.15. The van der Waals surface area contributed by atoms with E-state index in [1.54, 1.807) is 0 Å². The van der Waals surface area contributed by atoms with Gasteiger partial charge in [0.05, 0.1) is 0 Å². The number of benzene rings is 1. The van der Waals surface area contributed by atoms with Gasteiger partial charge in [-0.2, -0.15) is 0 Å². The molecule has 1 aromatic carbocycles. The molecule has 0 aliphatic heterocycles. The average molecular weight is 245 g/mol. The first-order valence-electron chi connectivity index (χ1n) is 5.10. The molecule has 1 aromatic rings. The number of nitrogens with zero attached hydrogens (tertiary/aromatic N) is 1. The van der Waals surface area contributed by atoms with Crippen LogP contribution in [0.2, 0.25) is 0 Å². The van der Waals surface area contributed by atoms with E-state index in [0.717, 1.165) is 12.2 Å². The van der Waals surface area contributed by atoms with Crippen molar-refractivity contribution in [3.63, 3.8) is 0 Å². The SMILES string of the molecule is CCN(CC([O-])C=S)c1cccc(C)c1.[Na+]. The van der Waals surface area contributed by atoms with Gasteiger partial charge in [-0.15, -0.1) is 0 Å². The maximum absolute atomic E-state index is 11.3. The number of thiocarbonyl (C=S) groups is 1. The summed E-state index contributed by atoms with van der Waals surface area (Å²) in [5.74, 6) is 0. The van der Waals surface area contributed by atoms with Gasteiger partial charge in [0.1, 0.15) is 0 Å². The van der Waals surface area contributed by atoms with Gasteiger partial charge < -0.3 is 10.0 Å². The Kier molecular flexibility index (Phi) is 8.24. The zero-order valence-corrected chi connectivity index (χ0v) is 13.0. The fraction of sp³-hybridized carbons (Fsp3) is 0.417. The summed E-state index contributed by atoms with van der Waals surface area (Å²) >= 11 is 4.65. The van der Waals surface area contributed by atoms with E-state index in [0.29, 0.717) is 6.54 Å². The van der Waals surface area contributed by atoms with Crippen LogP contribution in [-0.2, 0) is 0 Å². The predicted molar refractivity (Wildman–Crippen MR) is 66.5 cm³/mol. The van der Waals surface area contributed by atoms with Gasteiger partial charge in [0, 0.05) is 18.8 Å². The Morgan fingerprint density at radius 2 is 2.19 bits per heavy atom. The monoisotopic (exact) mass is 245 g/mol. The van der Waals surface area contributed by atoms with Gasteiger partial charge in [-0.3, -0.25) is 0 Å². The van der Waals surface area contributed by atoms with Crippen molar-refractivity contribution >= 4 is 23.3 Å². The van der Waals surface area contributed by atoms with E-state index >= 15 is 0 Å². The van der Waals surface area contributed by atoms with E-state index in [1.807, 2.05) is 36.9 Å². The molecule has 0 saturated carbocycles. The van der Waals surface area contributed by atoms with Crippen LogP contribution in [0.1, 0.15) is 12.5 Å². The largest absolute Gasteiger partial charge is 1.00 e. The van der Waals surface area contributed by atoms with Gasteiger partial charge in [0.25, 0.3) is 0 Å². The number of anilines is 1. The van der Waals surface area contributed by atoms with Crippen molar-refractivity contribution in [3.8, 4) is 0 Å². The summed E-state index contributed by atoms with van der Waals surface area (Å²) in [6.45, 7) is 5.36. The van der Waals surface area contributed by atoms with Crippen molar-refractivity contribution in [3.05, 3.63) is 29.8 Å². The minimum Gasteiger partial charge on any atom is -0.847 e. The summed E-state index contributed by atoms with van der Waals surface area (Å²) in [5.41, 5.74) is 2.30. The van der Waals surface area contributed by atoms with Crippen molar-refractivity contribution in [1.29, 1.82) is 0 Å². The van der Waals surface area contributed by atoms with Crippen LogP contribution in [0.4, 0.5) is 5.69 Å². The number of hydrogen-bond acceptors (Lipinski definition) is 3. The predicted octanol–water partition coefficient (Wildman–Crippen LogP) is -1.45. The third-order valence-electron chi connectivity index (χ3n) is 2.30. The Morgan fingerprint density at radius 3 is 2.69 bits per heavy atom. The van der Waals surface area contributed by atoms with E-state index in [2.05, 4.69) is 18.3 Å². The molecule has 1 atom stereocenters. The maximum atomic E-state index is 11.3. The number of rotatable bonds is 5. The molecule has 4 heteroatoms. The molecule has 1 unspecified atom stereocenters. The summed E-state index contributed by atoms with van der Waals surface area (Å²) in [5, 5.41) is 12.6. The Labute approximate surface area is 125 Å². The molecule has 0 aromatic heterocycles. The first-order chi connectivity index (χ1) is 7.17. The van der Waals surface area contributed by atoms with Crippen molar-refractivity contribution in [1.82, 2.24) is 0 Å². The quantitative estimate of drug-likeness (QED) is 0.469. The second kappa shape index (κ2) is 8.20. The van der Waals surface area contributed by atoms with Crippen molar-refractivity contribution in [2.75, 3.05) is 18.0 Å². The summed E-state index contributed by atoms with van der Waals surface area (Å²) < 4.78 is 0. The van der Waals surface area contributed by atoms with Crippen molar-refractivity contribution in [2.45, 2.75) is 20.0 Å². The topological polar surface area (TPSA) is 26.3 Å². The van der Waals surface area contributed by atoms with Gasteiger partial charge in [-0.25, -0.2) is 0 Å². The van der Waals surface area contributed by atoms with Crippen LogP contribution in [-0.4, -0.2) is 24.6 Å². The van der Waals surface area contributed by atoms with Gasteiger partial charge in [-0.05, 0) is 36.9 Å². The minimum atomic E-state index is -0.791. The average Bonchev–Trinajstić information content (AvgIpc) is 2.25. The Bertz CT molecular complexity index is 333. The van der Waals surface area contributed by atoms with Gasteiger partial charge >= 0.3 is 29.6 Å². The fourth-order valence-electron chi connectivity index (χ4n) is 1.50. The van der Waals surface area contributed by atoms with Crippen molar-refractivity contribution < 1.29 is 34.7 Å². The third-order valence-corrected chi connectivity index (χ3v) is 2.60. The van der Waals surface area contributed by atoms with Gasteiger partial charge in [0.15, 0.2) is 0 Å². The molecule has 0 fully saturated rings. The van der Waals surface area contributed by atoms with Crippen molar-refractivity contribution in [2.24, 2.45) is 0 Å². The maximum Gasteiger partial charge on any atom is 1.00 e. The second-order valence-corrected chi connectivity index (χ2v) is 3.82. The van der Waals surface area contributed by atoms with Crippen LogP contribution in [0, 0.1) is 6.92 Å². The molecule has 16 heavy (non-hydrogen) atoms. The Hall–Kier alpha value is 0.0700. The molecule has 1 rings (SSSR count). The molecule has 0 radical (unpaired) electrons. The smallest absolute Gasteiger partial charge is 0.847 e. The van der Waals surface area contributed by atoms with Gasteiger partial charge in [-0.1, -0.05) is 30.5 Å². The van der Waals surface area contributed by atoms with Crippen LogP contribution in [0.3, 0.4) is 0 Å². The Morgan fingerprint density at radius 1 is 1.50 bits per heavy atom. The van der Waals surface area contributed by atoms with Crippen LogP contribution >= 0.6 is 12.2 Å². The molecular formula is C12H16NNaOS. The number of aryl methyl sites for hydroxylation is 1. The summed E-state index contributed by atoms with van der Waals surface area (Å²) in [4.78, 5) is 2.05. The van der Waals surface area contributed by atoms with E-state index in [4.69, 9.17) is 0 Å². The van der Waals surface area contributed by atoms with Crippen LogP contribution < -0.4 is 39.6 Å². The standard InChI is InChI=1S/C12H16NOS.Na/c1-3-13(8-12(14)9-15)11-6-4-5-10(2)7-11;/h4-7,9,12H,3,8H2,1-2H3;/q-1;+1. The Balaban J connectivity index is 0.00000225. The zero-order valence-electron chi connectivity index (χ0n) is 10.1. The number of likely N-dealkylation sites (N-methyl/N-ethyl adjacent to an activating group) is 1.